The van der Waals surface area contributed by atoms with Gasteiger partial charge in [0.25, 0.3) is 0 Å². The molecule has 1 N–H and O–H groups in total. The van der Waals surface area contributed by atoms with Gasteiger partial charge in [0.05, 0.1) is 9.90 Å². The Kier molecular flexibility index (Phi) is 4.02. The number of benzene rings is 1. The van der Waals surface area contributed by atoms with Crippen molar-refractivity contribution in [3.8, 4) is 16.2 Å². The first-order chi connectivity index (χ1) is 10.1. The Hall–Kier alpha value is -1.36. The summed E-state index contributed by atoms with van der Waals surface area (Å²) >= 11 is 7.85. The molecule has 0 saturated carbocycles. The van der Waals surface area contributed by atoms with Gasteiger partial charge in [0.1, 0.15) is 11.9 Å². The number of thiophene rings is 1. The Bertz CT molecular complexity index is 696. The first-order valence-corrected chi connectivity index (χ1v) is 8.02. The maximum absolute atomic E-state index is 11.4. The van der Waals surface area contributed by atoms with E-state index in [4.69, 9.17) is 16.3 Å². The molecule has 0 aliphatic carbocycles. The zero-order chi connectivity index (χ0) is 15.0. The molecule has 3 rings (SSSR count). The molecule has 3 nitrogen and oxygen atoms in total. The normalized spacial score (nSPS) is 16.6. The zero-order valence-electron chi connectivity index (χ0n) is 11.9. The Morgan fingerprint density at radius 1 is 1.48 bits per heavy atom. The van der Waals surface area contributed by atoms with E-state index in [0.717, 1.165) is 39.6 Å². The standard InChI is InChI=1S/C16H16ClNO2S/c1-9(19)14-3-4-15(21-14)10-5-11-6-12(8-18-2)20-16(11)13(17)7-10/h3-5,7,12,18H,6,8H2,1-2H3. The molecule has 1 aromatic heterocycles. The summed E-state index contributed by atoms with van der Waals surface area (Å²) in [6.07, 6.45) is 0.989. The van der Waals surface area contributed by atoms with Crippen LogP contribution in [0.25, 0.3) is 10.4 Å². The molecule has 1 unspecified atom stereocenters. The lowest BCUT2D eigenvalue weighted by Gasteiger charge is -2.09. The molecule has 0 saturated heterocycles. The van der Waals surface area contributed by atoms with Crippen LogP contribution in [0.2, 0.25) is 5.02 Å². The van der Waals surface area contributed by atoms with Gasteiger partial charge in [0, 0.05) is 23.4 Å². The Morgan fingerprint density at radius 2 is 2.29 bits per heavy atom. The average Bonchev–Trinajstić information content (AvgIpc) is 3.05. The highest BCUT2D eigenvalue weighted by Gasteiger charge is 2.25. The third-order valence-corrected chi connectivity index (χ3v) is 5.04. The van der Waals surface area contributed by atoms with Gasteiger partial charge >= 0.3 is 0 Å². The highest BCUT2D eigenvalue weighted by molar-refractivity contribution is 7.17. The predicted molar refractivity (Wildman–Crippen MR) is 86.8 cm³/mol. The fourth-order valence-corrected chi connectivity index (χ4v) is 3.73. The largest absolute Gasteiger partial charge is 0.487 e. The first-order valence-electron chi connectivity index (χ1n) is 6.83. The van der Waals surface area contributed by atoms with E-state index in [2.05, 4.69) is 11.4 Å². The second-order valence-corrected chi connectivity index (χ2v) is 6.66. The van der Waals surface area contributed by atoms with E-state index < -0.39 is 0 Å². The minimum atomic E-state index is 0.0934. The molecule has 0 spiro atoms. The SMILES string of the molecule is CNCC1Cc2cc(-c3ccc(C(C)=O)s3)cc(Cl)c2O1. The molecule has 5 heteroatoms. The van der Waals surface area contributed by atoms with Crippen LogP contribution in [-0.2, 0) is 6.42 Å². The zero-order valence-corrected chi connectivity index (χ0v) is 13.5. The van der Waals surface area contributed by atoms with Gasteiger partial charge < -0.3 is 10.1 Å². The molecule has 0 fully saturated rings. The summed E-state index contributed by atoms with van der Waals surface area (Å²) in [5.41, 5.74) is 2.18. The van der Waals surface area contributed by atoms with Gasteiger partial charge in [-0.2, -0.15) is 0 Å². The predicted octanol–water partition coefficient (Wildman–Crippen LogP) is 3.79. The monoisotopic (exact) mass is 321 g/mol. The van der Waals surface area contributed by atoms with E-state index in [9.17, 15) is 4.79 Å². The number of nitrogens with one attached hydrogen (secondary N) is 1. The molecule has 2 aromatic rings. The molecule has 1 atom stereocenters. The van der Waals surface area contributed by atoms with Crippen LogP contribution in [0.15, 0.2) is 24.3 Å². The number of Topliss-reactive ketones (excluding diaryl/α,β-unsaturated/α-hetero) is 1. The number of fused-ring (bicyclic) bond motifs is 1. The average molecular weight is 322 g/mol. The minimum Gasteiger partial charge on any atom is -0.487 e. The lowest BCUT2D eigenvalue weighted by Crippen LogP contribution is -2.27. The quantitative estimate of drug-likeness (QED) is 0.871. The first kappa shape index (κ1) is 14.6. The molecule has 0 bridgehead atoms. The third kappa shape index (κ3) is 2.84. The van der Waals surface area contributed by atoms with Gasteiger partial charge in [-0.05, 0) is 43.8 Å². The van der Waals surface area contributed by atoms with Gasteiger partial charge in [-0.3, -0.25) is 4.79 Å². The number of ketones is 1. The van der Waals surface area contributed by atoms with Crippen molar-refractivity contribution in [2.24, 2.45) is 0 Å². The van der Waals surface area contributed by atoms with Crippen LogP contribution in [0.1, 0.15) is 22.2 Å². The van der Waals surface area contributed by atoms with Crippen LogP contribution in [-0.4, -0.2) is 25.5 Å². The van der Waals surface area contributed by atoms with Gasteiger partial charge in [-0.1, -0.05) is 11.6 Å². The lowest BCUT2D eigenvalue weighted by molar-refractivity contribution is 0.102. The molecule has 1 aliphatic heterocycles. The molecular weight excluding hydrogens is 306 g/mol. The molecule has 1 aromatic carbocycles. The third-order valence-electron chi connectivity index (χ3n) is 3.52. The van der Waals surface area contributed by atoms with Gasteiger partial charge in [-0.15, -0.1) is 11.3 Å². The Morgan fingerprint density at radius 3 is 2.95 bits per heavy atom. The molecule has 0 amide bonds. The van der Waals surface area contributed by atoms with E-state index in [1.807, 2.05) is 25.2 Å². The number of likely N-dealkylation sites (N-methyl/N-ethyl adjacent to an activating group) is 1. The van der Waals surface area contributed by atoms with Crippen LogP contribution >= 0.6 is 22.9 Å². The molecular formula is C16H16ClNO2S. The second kappa shape index (κ2) is 5.79. The molecule has 110 valence electrons. The van der Waals surface area contributed by atoms with E-state index in [1.165, 1.54) is 11.3 Å². The van der Waals surface area contributed by atoms with Crippen molar-refractivity contribution in [1.29, 1.82) is 0 Å². The van der Waals surface area contributed by atoms with E-state index >= 15 is 0 Å². The number of carbonyl (C=O) groups excluding carboxylic acids is 1. The maximum atomic E-state index is 11.4. The summed E-state index contributed by atoms with van der Waals surface area (Å²) in [7, 11) is 1.91. The highest BCUT2D eigenvalue weighted by Crippen LogP contribution is 2.40. The van der Waals surface area contributed by atoms with Crippen molar-refractivity contribution in [3.63, 3.8) is 0 Å². The van der Waals surface area contributed by atoms with Gasteiger partial charge in [-0.25, -0.2) is 0 Å². The number of ether oxygens (including phenoxy) is 1. The van der Waals surface area contributed by atoms with Crippen molar-refractivity contribution in [2.45, 2.75) is 19.4 Å². The Labute approximate surface area is 132 Å². The number of halogens is 1. The minimum absolute atomic E-state index is 0.0934. The van der Waals surface area contributed by atoms with E-state index in [0.29, 0.717) is 5.02 Å². The number of rotatable bonds is 4. The number of carbonyl (C=O) groups is 1. The van der Waals surface area contributed by atoms with Crippen molar-refractivity contribution in [3.05, 3.63) is 39.7 Å². The summed E-state index contributed by atoms with van der Waals surface area (Å²) in [4.78, 5) is 13.2. The van der Waals surface area contributed by atoms with Crippen molar-refractivity contribution < 1.29 is 9.53 Å². The fourth-order valence-electron chi connectivity index (χ4n) is 2.55. The van der Waals surface area contributed by atoms with Gasteiger partial charge in [0.15, 0.2) is 5.78 Å². The van der Waals surface area contributed by atoms with Crippen LogP contribution in [0, 0.1) is 0 Å². The van der Waals surface area contributed by atoms with Crippen LogP contribution < -0.4 is 10.1 Å². The van der Waals surface area contributed by atoms with E-state index in [1.54, 1.807) is 6.92 Å². The summed E-state index contributed by atoms with van der Waals surface area (Å²) in [6, 6.07) is 7.87. The number of hydrogen-bond acceptors (Lipinski definition) is 4. The summed E-state index contributed by atoms with van der Waals surface area (Å²) in [5, 5.41) is 3.76. The van der Waals surface area contributed by atoms with E-state index in [-0.39, 0.29) is 11.9 Å². The summed E-state index contributed by atoms with van der Waals surface area (Å²) in [5.74, 6) is 0.889. The topological polar surface area (TPSA) is 38.3 Å². The fraction of sp³-hybridized carbons (Fsp3) is 0.312. The molecule has 1 aliphatic rings. The highest BCUT2D eigenvalue weighted by atomic mass is 35.5. The van der Waals surface area contributed by atoms with Gasteiger partial charge in [0.2, 0.25) is 0 Å². The smallest absolute Gasteiger partial charge is 0.169 e. The van der Waals surface area contributed by atoms with Crippen molar-refractivity contribution >= 4 is 28.7 Å². The molecule has 21 heavy (non-hydrogen) atoms. The van der Waals surface area contributed by atoms with Crippen molar-refractivity contribution in [2.75, 3.05) is 13.6 Å². The van der Waals surface area contributed by atoms with Crippen LogP contribution in [0.5, 0.6) is 5.75 Å². The van der Waals surface area contributed by atoms with Crippen LogP contribution in [0.3, 0.4) is 0 Å². The molecule has 2 heterocycles. The van der Waals surface area contributed by atoms with Crippen molar-refractivity contribution in [1.82, 2.24) is 5.32 Å². The molecule has 0 radical (unpaired) electrons. The summed E-state index contributed by atoms with van der Waals surface area (Å²) in [6.45, 7) is 2.38. The number of hydrogen-bond donors (Lipinski definition) is 1. The Balaban J connectivity index is 1.94. The lowest BCUT2D eigenvalue weighted by atomic mass is 10.1. The second-order valence-electron chi connectivity index (χ2n) is 5.17. The summed E-state index contributed by atoms with van der Waals surface area (Å²) < 4.78 is 5.87. The maximum Gasteiger partial charge on any atom is 0.169 e. The van der Waals surface area contributed by atoms with Crippen LogP contribution in [0.4, 0.5) is 0 Å².